The second kappa shape index (κ2) is 12.2. The van der Waals surface area contributed by atoms with Crippen molar-refractivity contribution in [2.45, 2.75) is 93.3 Å². The van der Waals surface area contributed by atoms with E-state index < -0.39 is 17.4 Å². The van der Waals surface area contributed by atoms with E-state index in [2.05, 4.69) is 36.4 Å². The van der Waals surface area contributed by atoms with Crippen LogP contribution < -0.4 is 0 Å². The molecule has 6 heteroatoms. The first-order valence-electron chi connectivity index (χ1n) is 19.7. The summed E-state index contributed by atoms with van der Waals surface area (Å²) in [4.78, 5) is 26.5. The molecule has 0 saturated heterocycles. The maximum absolute atomic E-state index is 13.3. The Morgan fingerprint density at radius 1 is 0.453 bits per heavy atom. The molecule has 0 atom stereocenters. The van der Waals surface area contributed by atoms with Gasteiger partial charge in [-0.15, -0.1) is 24.8 Å². The van der Waals surface area contributed by atoms with Gasteiger partial charge in [-0.05, 0) is 180 Å². The molecule has 8 bridgehead atoms. The lowest BCUT2D eigenvalue weighted by Gasteiger charge is -2.57. The quantitative estimate of drug-likeness (QED) is 0.181. The van der Waals surface area contributed by atoms with Crippen LogP contribution in [0.25, 0.3) is 11.1 Å². The van der Waals surface area contributed by atoms with Gasteiger partial charge in [-0.2, -0.15) is 0 Å². The fourth-order valence-electron chi connectivity index (χ4n) is 14.6. The molecular weight excluding hydrogens is 699 g/mol. The van der Waals surface area contributed by atoms with Crippen LogP contribution in [0.4, 0.5) is 0 Å². The summed E-state index contributed by atoms with van der Waals surface area (Å²) in [5, 5.41) is 21.7. The highest BCUT2D eigenvalue weighted by Crippen LogP contribution is 2.65. The SMILES string of the molecule is Cl.Cl.O=C(O)c1ccccc1C1(c2ccccc2C(=O)O)c2cc(C34CC5CC(CC(C5)C3)C4)ccc2-c2ccc(C34CC5CC(CC(C5)C3)C4)cc21. The van der Waals surface area contributed by atoms with Crippen LogP contribution in [-0.4, -0.2) is 22.2 Å². The van der Waals surface area contributed by atoms with Crippen molar-refractivity contribution in [2.75, 3.05) is 0 Å². The zero-order chi connectivity index (χ0) is 34.3. The van der Waals surface area contributed by atoms with Crippen LogP contribution in [-0.2, 0) is 16.2 Å². The number of aromatic carboxylic acids is 2. The Balaban J connectivity index is 0.00000186. The van der Waals surface area contributed by atoms with E-state index in [-0.39, 0.29) is 46.8 Å². The Bertz CT molecular complexity index is 1940. The molecule has 4 nitrogen and oxygen atoms in total. The van der Waals surface area contributed by atoms with Crippen molar-refractivity contribution >= 4 is 36.8 Å². The molecule has 0 amide bonds. The van der Waals surface area contributed by atoms with E-state index in [0.717, 1.165) is 57.8 Å². The van der Waals surface area contributed by atoms with Gasteiger partial charge >= 0.3 is 11.9 Å². The molecule has 2 N–H and O–H groups in total. The first kappa shape index (κ1) is 35.1. The van der Waals surface area contributed by atoms with E-state index in [0.29, 0.717) is 11.1 Å². The molecule has 4 aromatic carbocycles. The lowest BCUT2D eigenvalue weighted by atomic mass is 9.47. The Kier molecular flexibility index (Phi) is 8.09. The van der Waals surface area contributed by atoms with Gasteiger partial charge < -0.3 is 10.2 Å². The third-order valence-electron chi connectivity index (χ3n) is 15.6. The third-order valence-corrected chi connectivity index (χ3v) is 15.6. The molecule has 13 rings (SSSR count). The fraction of sp³-hybridized carbons (Fsp3) is 0.447. The minimum atomic E-state index is -1.11. The predicted octanol–water partition coefficient (Wildman–Crippen LogP) is 11.2. The summed E-state index contributed by atoms with van der Waals surface area (Å²) in [5.41, 5.74) is 8.02. The molecule has 274 valence electrons. The highest BCUT2D eigenvalue weighted by atomic mass is 35.5. The zero-order valence-corrected chi connectivity index (χ0v) is 31.7. The van der Waals surface area contributed by atoms with Crippen molar-refractivity contribution in [2.24, 2.45) is 35.5 Å². The Hall–Kier alpha value is -3.60. The monoisotopic (exact) mass is 746 g/mol. The van der Waals surface area contributed by atoms with E-state index >= 15 is 0 Å². The number of hydrogen-bond acceptors (Lipinski definition) is 2. The van der Waals surface area contributed by atoms with Crippen LogP contribution in [0.5, 0.6) is 0 Å². The van der Waals surface area contributed by atoms with Gasteiger partial charge in [0.1, 0.15) is 0 Å². The van der Waals surface area contributed by atoms with Gasteiger partial charge in [0.25, 0.3) is 0 Å². The number of halogens is 2. The number of carbonyl (C=O) groups is 2. The van der Waals surface area contributed by atoms with E-state index in [9.17, 15) is 19.8 Å². The minimum Gasteiger partial charge on any atom is -0.478 e. The first-order valence-corrected chi connectivity index (χ1v) is 19.7. The third kappa shape index (κ3) is 4.86. The summed E-state index contributed by atoms with van der Waals surface area (Å²) < 4.78 is 0. The van der Waals surface area contributed by atoms with Crippen LogP contribution >= 0.6 is 24.8 Å². The molecular formula is C47H48Cl2O4. The van der Waals surface area contributed by atoms with Crippen LogP contribution in [0.2, 0.25) is 0 Å². The number of carboxylic acid groups (broad SMARTS) is 2. The highest BCUT2D eigenvalue weighted by Gasteiger charge is 2.56. The fourth-order valence-corrected chi connectivity index (χ4v) is 14.6. The minimum absolute atomic E-state index is 0. The number of carboxylic acids is 2. The van der Waals surface area contributed by atoms with E-state index in [4.69, 9.17) is 0 Å². The molecule has 0 unspecified atom stereocenters. The molecule has 9 aliphatic carbocycles. The normalized spacial score (nSPS) is 33.1. The van der Waals surface area contributed by atoms with Crippen molar-refractivity contribution in [1.29, 1.82) is 0 Å². The molecule has 0 spiro atoms. The predicted molar refractivity (Wildman–Crippen MR) is 212 cm³/mol. The molecule has 0 aromatic heterocycles. The Morgan fingerprint density at radius 3 is 1.09 bits per heavy atom. The topological polar surface area (TPSA) is 74.6 Å². The van der Waals surface area contributed by atoms with Crippen LogP contribution in [0.15, 0.2) is 84.9 Å². The van der Waals surface area contributed by atoms with Gasteiger partial charge in [0.2, 0.25) is 0 Å². The molecule has 8 saturated carbocycles. The lowest BCUT2D eigenvalue weighted by Crippen LogP contribution is -2.48. The summed E-state index contributed by atoms with van der Waals surface area (Å²) in [6.07, 6.45) is 15.6. The standard InChI is InChI=1S/C47H46O4.2ClH/c48-43(49)37-5-1-3-7-39(37)47(40-8-4-2-6-38(40)44(50)51)41-19-33(45-21-27-13-28(22-45)15-29(14-27)23-45)9-11-35(41)36-12-10-34(20-42(36)47)46-24-30-16-31(25-46)18-32(17-30)26-46;;/h1-12,19-20,27-32H,13-18,21-26H2,(H,48,49)(H,50,51);2*1H. The van der Waals surface area contributed by atoms with Crippen molar-refractivity contribution in [1.82, 2.24) is 0 Å². The number of fused-ring (bicyclic) bond motifs is 3. The second-order valence-electron chi connectivity index (χ2n) is 18.4. The summed E-state index contributed by atoms with van der Waals surface area (Å²) in [7, 11) is 0. The molecule has 4 aromatic rings. The second-order valence-corrected chi connectivity index (χ2v) is 18.4. The molecule has 0 aliphatic heterocycles. The number of rotatable bonds is 6. The highest BCUT2D eigenvalue weighted by molar-refractivity contribution is 5.97. The number of hydrogen-bond donors (Lipinski definition) is 2. The van der Waals surface area contributed by atoms with Gasteiger partial charge in [-0.25, -0.2) is 9.59 Å². The average Bonchev–Trinajstić information content (AvgIpc) is 3.40. The largest absolute Gasteiger partial charge is 0.478 e. The van der Waals surface area contributed by atoms with Crippen molar-refractivity contribution in [3.63, 3.8) is 0 Å². The van der Waals surface area contributed by atoms with Crippen LogP contribution in [0, 0.1) is 35.5 Å². The van der Waals surface area contributed by atoms with Gasteiger partial charge in [0, 0.05) is 0 Å². The molecule has 0 radical (unpaired) electrons. The maximum Gasteiger partial charge on any atom is 0.336 e. The van der Waals surface area contributed by atoms with Gasteiger partial charge in [-0.3, -0.25) is 0 Å². The van der Waals surface area contributed by atoms with Gasteiger partial charge in [0.15, 0.2) is 0 Å². The summed E-state index contributed by atoms with van der Waals surface area (Å²) in [5.74, 6) is 2.75. The van der Waals surface area contributed by atoms with Crippen molar-refractivity contribution in [3.05, 3.63) is 129 Å². The number of benzene rings is 4. The smallest absolute Gasteiger partial charge is 0.336 e. The lowest BCUT2D eigenvalue weighted by molar-refractivity contribution is -0.00530. The van der Waals surface area contributed by atoms with E-state index in [1.807, 2.05) is 24.3 Å². The van der Waals surface area contributed by atoms with Crippen molar-refractivity contribution < 1.29 is 19.8 Å². The van der Waals surface area contributed by atoms with Gasteiger partial charge in [-0.1, -0.05) is 72.8 Å². The van der Waals surface area contributed by atoms with Crippen LogP contribution in [0.3, 0.4) is 0 Å². The van der Waals surface area contributed by atoms with Gasteiger partial charge in [0.05, 0.1) is 16.5 Å². The summed E-state index contributed by atoms with van der Waals surface area (Å²) >= 11 is 0. The Labute approximate surface area is 324 Å². The first-order chi connectivity index (χ1) is 24.7. The summed E-state index contributed by atoms with van der Waals surface area (Å²) in [6.45, 7) is 0. The van der Waals surface area contributed by atoms with E-state index in [1.54, 1.807) is 24.3 Å². The van der Waals surface area contributed by atoms with Crippen LogP contribution in [0.1, 0.15) is 131 Å². The molecule has 9 aliphatic rings. The van der Waals surface area contributed by atoms with Crippen molar-refractivity contribution in [3.8, 4) is 11.1 Å². The maximum atomic E-state index is 13.3. The Morgan fingerprint density at radius 2 is 0.774 bits per heavy atom. The molecule has 53 heavy (non-hydrogen) atoms. The molecule has 0 heterocycles. The molecule has 8 fully saturated rings. The summed E-state index contributed by atoms with van der Waals surface area (Å²) in [6, 6.07) is 29.2. The zero-order valence-electron chi connectivity index (χ0n) is 30.1. The average molecular weight is 748 g/mol. The van der Waals surface area contributed by atoms with E-state index in [1.165, 1.54) is 88.2 Å².